The Morgan fingerprint density at radius 2 is 0.494 bits per heavy atom. The molecule has 0 aliphatic carbocycles. The van der Waals surface area contributed by atoms with Crippen molar-refractivity contribution in [3.05, 3.63) is 109 Å². The van der Waals surface area contributed by atoms with Gasteiger partial charge >= 0.3 is 17.9 Å². The van der Waals surface area contributed by atoms with Gasteiger partial charge in [-0.05, 0) is 122 Å². The van der Waals surface area contributed by atoms with Gasteiger partial charge in [0.25, 0.3) is 0 Å². The third kappa shape index (κ3) is 68.7. The van der Waals surface area contributed by atoms with Gasteiger partial charge in [-0.1, -0.05) is 310 Å². The van der Waals surface area contributed by atoms with Gasteiger partial charge in [0, 0.05) is 19.3 Å². The fourth-order valence-corrected chi connectivity index (χ4v) is 9.95. The molecule has 6 heteroatoms. The summed E-state index contributed by atoms with van der Waals surface area (Å²) in [7, 11) is 0. The van der Waals surface area contributed by atoms with Crippen LogP contribution in [0.25, 0.3) is 0 Å². The molecule has 83 heavy (non-hydrogen) atoms. The summed E-state index contributed by atoms with van der Waals surface area (Å²) in [6.45, 7) is 6.46. The summed E-state index contributed by atoms with van der Waals surface area (Å²) in [4.78, 5) is 38.4. The van der Waals surface area contributed by atoms with Crippen molar-refractivity contribution in [2.75, 3.05) is 13.2 Å². The molecule has 0 N–H and O–H groups in total. The van der Waals surface area contributed by atoms with Gasteiger partial charge < -0.3 is 14.2 Å². The number of unbranched alkanes of at least 4 members (excludes halogenated alkanes) is 35. The first-order valence-corrected chi connectivity index (χ1v) is 35.4. The molecule has 0 fully saturated rings. The molecule has 0 amide bonds. The summed E-state index contributed by atoms with van der Waals surface area (Å²) >= 11 is 0. The molecule has 0 bridgehead atoms. The maximum atomic E-state index is 12.9. The Kier molecular flexibility index (Phi) is 67.2. The van der Waals surface area contributed by atoms with E-state index in [-0.39, 0.29) is 31.1 Å². The predicted molar refractivity (Wildman–Crippen MR) is 362 cm³/mol. The molecular weight excluding hydrogens is 1020 g/mol. The van der Waals surface area contributed by atoms with Crippen LogP contribution in [0.15, 0.2) is 109 Å². The van der Waals surface area contributed by atoms with E-state index in [0.29, 0.717) is 19.3 Å². The second-order valence-corrected chi connectivity index (χ2v) is 23.4. The largest absolute Gasteiger partial charge is 0.462 e. The first-order chi connectivity index (χ1) is 41.0. The van der Waals surface area contributed by atoms with Crippen LogP contribution in [-0.2, 0) is 28.6 Å². The van der Waals surface area contributed by atoms with Crippen LogP contribution < -0.4 is 0 Å². The number of carbonyl (C=O) groups is 3. The Balaban J connectivity index is 4.25. The van der Waals surface area contributed by atoms with Gasteiger partial charge in [0.15, 0.2) is 6.10 Å². The number of hydrogen-bond donors (Lipinski definition) is 0. The normalized spacial score (nSPS) is 12.8. The lowest BCUT2D eigenvalue weighted by Crippen LogP contribution is -2.30. The van der Waals surface area contributed by atoms with Crippen molar-refractivity contribution >= 4 is 17.9 Å². The zero-order valence-corrected chi connectivity index (χ0v) is 54.7. The minimum Gasteiger partial charge on any atom is -0.462 e. The van der Waals surface area contributed by atoms with Crippen LogP contribution in [0.5, 0.6) is 0 Å². The SMILES string of the molecule is CC/C=C\C/C=C\C/C=C\C/C=C\C/C=C\CCCCCCCC(=O)OC(COC(=O)CCCCCCC/C=C\C/C=C\CCC)COC(=O)CCCCCCCCCCCCCCCCCCCCC/C=C\C/C=C\CCCCCCC. The van der Waals surface area contributed by atoms with E-state index in [2.05, 4.69) is 130 Å². The molecule has 0 spiro atoms. The molecule has 0 saturated carbocycles. The quantitative estimate of drug-likeness (QED) is 0.0261. The number of allylic oxidation sites excluding steroid dienone is 18. The molecule has 0 aliphatic heterocycles. The van der Waals surface area contributed by atoms with Crippen LogP contribution in [0, 0.1) is 0 Å². The summed E-state index contributed by atoms with van der Waals surface area (Å²) in [5.74, 6) is -0.911. The Morgan fingerprint density at radius 3 is 0.783 bits per heavy atom. The Labute approximate surface area is 514 Å². The van der Waals surface area contributed by atoms with Crippen molar-refractivity contribution in [2.24, 2.45) is 0 Å². The highest BCUT2D eigenvalue weighted by Crippen LogP contribution is 2.17. The van der Waals surface area contributed by atoms with E-state index >= 15 is 0 Å². The minimum absolute atomic E-state index is 0.0893. The molecule has 0 aromatic heterocycles. The molecule has 1 unspecified atom stereocenters. The van der Waals surface area contributed by atoms with Gasteiger partial charge in [-0.15, -0.1) is 0 Å². The maximum absolute atomic E-state index is 12.9. The molecule has 0 aliphatic rings. The van der Waals surface area contributed by atoms with Gasteiger partial charge in [0.1, 0.15) is 13.2 Å². The summed E-state index contributed by atoms with van der Waals surface area (Å²) in [5.41, 5.74) is 0. The molecule has 1 atom stereocenters. The van der Waals surface area contributed by atoms with Crippen molar-refractivity contribution in [3.8, 4) is 0 Å². The average molecular weight is 1150 g/mol. The van der Waals surface area contributed by atoms with E-state index in [1.807, 2.05) is 0 Å². The zero-order valence-electron chi connectivity index (χ0n) is 54.7. The van der Waals surface area contributed by atoms with Gasteiger partial charge in [-0.25, -0.2) is 0 Å². The fraction of sp³-hybridized carbons (Fsp3) is 0.727. The summed E-state index contributed by atoms with van der Waals surface area (Å²) in [5, 5.41) is 0. The van der Waals surface area contributed by atoms with E-state index in [1.165, 1.54) is 154 Å². The molecular formula is C77H132O6. The molecule has 6 nitrogen and oxygen atoms in total. The molecule has 476 valence electrons. The number of carbonyl (C=O) groups excluding carboxylic acids is 3. The lowest BCUT2D eigenvalue weighted by molar-refractivity contribution is -0.167. The van der Waals surface area contributed by atoms with E-state index in [9.17, 15) is 14.4 Å². The maximum Gasteiger partial charge on any atom is 0.306 e. The molecule has 0 radical (unpaired) electrons. The fourth-order valence-electron chi connectivity index (χ4n) is 9.95. The number of esters is 3. The number of rotatable bonds is 64. The Bertz CT molecular complexity index is 1660. The van der Waals surface area contributed by atoms with Gasteiger partial charge in [-0.2, -0.15) is 0 Å². The van der Waals surface area contributed by atoms with E-state index in [4.69, 9.17) is 14.2 Å². The first kappa shape index (κ1) is 79.1. The van der Waals surface area contributed by atoms with Crippen LogP contribution in [0.2, 0.25) is 0 Å². The Morgan fingerprint density at radius 1 is 0.253 bits per heavy atom. The van der Waals surface area contributed by atoms with Gasteiger partial charge in [-0.3, -0.25) is 14.4 Å². The summed E-state index contributed by atoms with van der Waals surface area (Å²) < 4.78 is 16.9. The number of ether oxygens (including phenoxy) is 3. The Hall–Kier alpha value is -3.93. The van der Waals surface area contributed by atoms with E-state index in [0.717, 1.165) is 148 Å². The standard InChI is InChI=1S/C77H132O6/c1-4-7-10-13-16-19-22-25-27-29-31-33-34-35-36-37-38-39-40-41-42-44-45-47-49-52-55-58-61-64-67-70-76(79)82-73-74(72-81-75(78)69-66-63-60-57-54-51-24-21-18-15-12-9-6-3)83-77(80)71-68-65-62-59-56-53-50-48-46-43-32-30-28-26-23-20-17-14-11-8-5-2/h8,11-12,15,17,20-22,24-26,28-29,31-32,43,48,50,74H,4-7,9-10,13-14,16,18-19,23,27,30,33-42,44-47,49,51-73H2,1-3H3/b11-8-,15-12-,20-17-,24-21-,25-22-,28-26-,31-29-,43-32-,50-48-. The van der Waals surface area contributed by atoms with Gasteiger partial charge in [0.2, 0.25) is 0 Å². The van der Waals surface area contributed by atoms with Crippen LogP contribution in [0.1, 0.15) is 342 Å². The lowest BCUT2D eigenvalue weighted by Gasteiger charge is -2.18. The van der Waals surface area contributed by atoms with Crippen LogP contribution >= 0.6 is 0 Å². The van der Waals surface area contributed by atoms with Crippen LogP contribution in [0.4, 0.5) is 0 Å². The van der Waals surface area contributed by atoms with Crippen molar-refractivity contribution in [1.29, 1.82) is 0 Å². The molecule has 0 aromatic rings. The second-order valence-electron chi connectivity index (χ2n) is 23.4. The second kappa shape index (κ2) is 70.6. The first-order valence-electron chi connectivity index (χ1n) is 35.4. The minimum atomic E-state index is -0.797. The third-order valence-electron chi connectivity index (χ3n) is 15.2. The zero-order chi connectivity index (χ0) is 59.9. The molecule has 0 heterocycles. The molecule has 0 aromatic carbocycles. The summed E-state index contributed by atoms with van der Waals surface area (Å²) in [6, 6.07) is 0. The topological polar surface area (TPSA) is 78.9 Å². The highest BCUT2D eigenvalue weighted by atomic mass is 16.6. The van der Waals surface area contributed by atoms with Crippen molar-refractivity contribution in [1.82, 2.24) is 0 Å². The smallest absolute Gasteiger partial charge is 0.306 e. The predicted octanol–water partition coefficient (Wildman–Crippen LogP) is 24.6. The monoisotopic (exact) mass is 1150 g/mol. The lowest BCUT2D eigenvalue weighted by atomic mass is 10.0. The summed E-state index contributed by atoms with van der Waals surface area (Å²) in [6.07, 6.45) is 97.0. The van der Waals surface area contributed by atoms with Crippen molar-refractivity contribution < 1.29 is 28.6 Å². The van der Waals surface area contributed by atoms with Crippen LogP contribution in [-0.4, -0.2) is 37.2 Å². The van der Waals surface area contributed by atoms with Crippen molar-refractivity contribution in [2.45, 2.75) is 348 Å². The molecule has 0 saturated heterocycles. The average Bonchev–Trinajstić information content (AvgIpc) is 3.49. The van der Waals surface area contributed by atoms with Crippen molar-refractivity contribution in [3.63, 3.8) is 0 Å². The molecule has 0 rings (SSSR count). The van der Waals surface area contributed by atoms with E-state index in [1.54, 1.807) is 0 Å². The highest BCUT2D eigenvalue weighted by molar-refractivity contribution is 5.71. The van der Waals surface area contributed by atoms with E-state index < -0.39 is 6.10 Å². The number of hydrogen-bond acceptors (Lipinski definition) is 6. The highest BCUT2D eigenvalue weighted by Gasteiger charge is 2.19. The van der Waals surface area contributed by atoms with Crippen LogP contribution in [0.3, 0.4) is 0 Å². The third-order valence-corrected chi connectivity index (χ3v) is 15.2. The van der Waals surface area contributed by atoms with Gasteiger partial charge in [0.05, 0.1) is 0 Å².